The smallest absolute Gasteiger partial charge is 0.295 e. The largest absolute Gasteiger partial charge is 0.363 e. The van der Waals surface area contributed by atoms with E-state index in [1.54, 1.807) is 13.0 Å². The zero-order valence-corrected chi connectivity index (χ0v) is 12.5. The summed E-state index contributed by atoms with van der Waals surface area (Å²) >= 11 is 0. The van der Waals surface area contributed by atoms with Gasteiger partial charge in [-0.1, -0.05) is 6.42 Å². The summed E-state index contributed by atoms with van der Waals surface area (Å²) in [4.78, 5) is 12.8. The van der Waals surface area contributed by atoms with Crippen LogP contribution in [0.4, 0.5) is 15.8 Å². The Morgan fingerprint density at radius 1 is 1.48 bits per heavy atom. The molecule has 1 fully saturated rings. The Morgan fingerprint density at radius 3 is 2.76 bits per heavy atom. The molecule has 0 aromatic heterocycles. The Hall–Kier alpha value is -1.69. The van der Waals surface area contributed by atoms with E-state index in [1.807, 2.05) is 11.8 Å². The summed E-state index contributed by atoms with van der Waals surface area (Å²) in [5.41, 5.74) is 6.60. The third-order valence-corrected chi connectivity index (χ3v) is 4.42. The third kappa shape index (κ3) is 3.00. The molecule has 2 atom stereocenters. The summed E-state index contributed by atoms with van der Waals surface area (Å²) in [7, 11) is 0. The molecule has 0 amide bonds. The molecule has 0 saturated heterocycles. The van der Waals surface area contributed by atoms with Crippen molar-refractivity contribution >= 4 is 11.4 Å². The molecule has 0 radical (unpaired) electrons. The molecule has 0 bridgehead atoms. The molecule has 1 aliphatic rings. The number of nitrogens with zero attached hydrogens (tertiary/aromatic N) is 2. The van der Waals surface area contributed by atoms with E-state index in [9.17, 15) is 14.5 Å². The first-order valence-corrected chi connectivity index (χ1v) is 7.40. The monoisotopic (exact) mass is 295 g/mol. The van der Waals surface area contributed by atoms with Gasteiger partial charge in [-0.3, -0.25) is 10.1 Å². The minimum absolute atomic E-state index is 0.164. The topological polar surface area (TPSA) is 72.4 Å². The molecule has 0 spiro atoms. The molecule has 6 heteroatoms. The van der Waals surface area contributed by atoms with E-state index in [0.717, 1.165) is 25.3 Å². The average Bonchev–Trinajstić information content (AvgIpc) is 2.91. The zero-order valence-electron chi connectivity index (χ0n) is 12.5. The highest BCUT2D eigenvalue weighted by Gasteiger charge is 2.33. The highest BCUT2D eigenvalue weighted by Crippen LogP contribution is 2.37. The summed E-state index contributed by atoms with van der Waals surface area (Å²) in [6, 6.07) is 2.81. The first-order chi connectivity index (χ1) is 9.99. The van der Waals surface area contributed by atoms with E-state index >= 15 is 0 Å². The number of nitro groups is 1. The summed E-state index contributed by atoms with van der Waals surface area (Å²) < 4.78 is 13.7. The number of hydrogen-bond donors (Lipinski definition) is 1. The van der Waals surface area contributed by atoms with Crippen LogP contribution < -0.4 is 10.6 Å². The highest BCUT2D eigenvalue weighted by molar-refractivity contribution is 5.65. The highest BCUT2D eigenvalue weighted by atomic mass is 19.1. The van der Waals surface area contributed by atoms with E-state index in [2.05, 4.69) is 0 Å². The number of rotatable bonds is 5. The first-order valence-electron chi connectivity index (χ1n) is 7.40. The lowest BCUT2D eigenvalue weighted by atomic mass is 10.0. The number of halogens is 1. The molecular weight excluding hydrogens is 273 g/mol. The molecule has 21 heavy (non-hydrogen) atoms. The molecule has 2 N–H and O–H groups in total. The molecular formula is C15H22FN3O2. The van der Waals surface area contributed by atoms with Crippen LogP contribution in [0, 0.1) is 28.8 Å². The molecule has 1 aromatic carbocycles. The summed E-state index contributed by atoms with van der Waals surface area (Å²) in [5, 5.41) is 11.3. The van der Waals surface area contributed by atoms with Gasteiger partial charge < -0.3 is 10.6 Å². The van der Waals surface area contributed by atoms with Crippen molar-refractivity contribution < 1.29 is 9.31 Å². The molecule has 2 unspecified atom stereocenters. The standard InChI is InChI=1S/C15H22FN3O2/c1-3-18(13-6-4-5-11(13)9-17)14-7-10(2)12(16)8-15(14)19(20)21/h7-8,11,13H,3-6,9,17H2,1-2H3. The van der Waals surface area contributed by atoms with Gasteiger partial charge in [0, 0.05) is 12.6 Å². The lowest BCUT2D eigenvalue weighted by molar-refractivity contribution is -0.384. The number of nitro benzene ring substituents is 1. The van der Waals surface area contributed by atoms with Crippen molar-refractivity contribution in [1.82, 2.24) is 0 Å². The fraction of sp³-hybridized carbons (Fsp3) is 0.600. The van der Waals surface area contributed by atoms with E-state index in [1.165, 1.54) is 0 Å². The minimum Gasteiger partial charge on any atom is -0.363 e. The van der Waals surface area contributed by atoms with E-state index in [0.29, 0.717) is 30.3 Å². The van der Waals surface area contributed by atoms with Crippen LogP contribution in [-0.4, -0.2) is 24.1 Å². The predicted octanol–water partition coefficient (Wildman–Crippen LogP) is 3.00. The van der Waals surface area contributed by atoms with E-state index in [4.69, 9.17) is 5.73 Å². The first kappa shape index (κ1) is 15.7. The average molecular weight is 295 g/mol. The van der Waals surface area contributed by atoms with E-state index in [-0.39, 0.29) is 11.7 Å². The van der Waals surface area contributed by atoms with Crippen LogP contribution in [0.1, 0.15) is 31.7 Å². The van der Waals surface area contributed by atoms with Crippen LogP contribution in [0.3, 0.4) is 0 Å². The van der Waals surface area contributed by atoms with Crippen LogP contribution in [0.15, 0.2) is 12.1 Å². The van der Waals surface area contributed by atoms with Crippen LogP contribution >= 0.6 is 0 Å². The Morgan fingerprint density at radius 2 is 2.19 bits per heavy atom. The second-order valence-electron chi connectivity index (χ2n) is 5.63. The fourth-order valence-electron chi connectivity index (χ4n) is 3.32. The maximum absolute atomic E-state index is 13.7. The Kier molecular flexibility index (Phi) is 4.77. The van der Waals surface area contributed by atoms with Crippen molar-refractivity contribution in [3.63, 3.8) is 0 Å². The van der Waals surface area contributed by atoms with E-state index < -0.39 is 10.7 Å². The molecule has 5 nitrogen and oxygen atoms in total. The van der Waals surface area contributed by atoms with Gasteiger partial charge in [-0.15, -0.1) is 0 Å². The third-order valence-electron chi connectivity index (χ3n) is 4.42. The second kappa shape index (κ2) is 6.39. The van der Waals surface area contributed by atoms with Gasteiger partial charge in [0.25, 0.3) is 5.69 Å². The summed E-state index contributed by atoms with van der Waals surface area (Å²) in [6.45, 7) is 4.82. The quantitative estimate of drug-likeness (QED) is 0.669. The lowest BCUT2D eigenvalue weighted by Crippen LogP contribution is -2.40. The van der Waals surface area contributed by atoms with Crippen molar-refractivity contribution in [1.29, 1.82) is 0 Å². The lowest BCUT2D eigenvalue weighted by Gasteiger charge is -2.33. The molecule has 1 aromatic rings. The molecule has 2 rings (SSSR count). The Labute approximate surface area is 124 Å². The molecule has 0 heterocycles. The van der Waals surface area contributed by atoms with Crippen LogP contribution in [0.2, 0.25) is 0 Å². The van der Waals surface area contributed by atoms with Crippen molar-refractivity contribution in [3.8, 4) is 0 Å². The zero-order chi connectivity index (χ0) is 15.6. The molecule has 0 aliphatic heterocycles. The van der Waals surface area contributed by atoms with Gasteiger partial charge in [0.1, 0.15) is 11.5 Å². The second-order valence-corrected chi connectivity index (χ2v) is 5.63. The Bertz CT molecular complexity index is 536. The van der Waals surface area contributed by atoms with Gasteiger partial charge in [0.2, 0.25) is 0 Å². The molecule has 116 valence electrons. The van der Waals surface area contributed by atoms with Crippen LogP contribution in [0.25, 0.3) is 0 Å². The van der Waals surface area contributed by atoms with Crippen molar-refractivity contribution in [2.75, 3.05) is 18.0 Å². The van der Waals surface area contributed by atoms with Gasteiger partial charge in [-0.2, -0.15) is 0 Å². The number of hydrogen-bond acceptors (Lipinski definition) is 4. The normalized spacial score (nSPS) is 21.5. The van der Waals surface area contributed by atoms with Crippen molar-refractivity contribution in [3.05, 3.63) is 33.6 Å². The van der Waals surface area contributed by atoms with Gasteiger partial charge in [0.05, 0.1) is 11.0 Å². The Balaban J connectivity index is 2.46. The predicted molar refractivity (Wildman–Crippen MR) is 81.0 cm³/mol. The molecule has 1 saturated carbocycles. The summed E-state index contributed by atoms with van der Waals surface area (Å²) in [6.07, 6.45) is 3.10. The van der Waals surface area contributed by atoms with Gasteiger partial charge in [0.15, 0.2) is 0 Å². The van der Waals surface area contributed by atoms with Gasteiger partial charge >= 0.3 is 0 Å². The number of anilines is 1. The fourth-order valence-corrected chi connectivity index (χ4v) is 3.32. The maximum Gasteiger partial charge on any atom is 0.295 e. The number of benzene rings is 1. The maximum atomic E-state index is 13.7. The van der Waals surface area contributed by atoms with Crippen molar-refractivity contribution in [2.24, 2.45) is 11.7 Å². The van der Waals surface area contributed by atoms with Gasteiger partial charge in [-0.05, 0) is 50.8 Å². The number of nitrogens with two attached hydrogens (primary N) is 1. The van der Waals surface area contributed by atoms with Crippen molar-refractivity contribution in [2.45, 2.75) is 39.2 Å². The van der Waals surface area contributed by atoms with Crippen LogP contribution in [-0.2, 0) is 0 Å². The van der Waals surface area contributed by atoms with Gasteiger partial charge in [-0.25, -0.2) is 4.39 Å². The number of aryl methyl sites for hydroxylation is 1. The SMILES string of the molecule is CCN(c1cc(C)c(F)cc1[N+](=O)[O-])C1CCCC1CN. The summed E-state index contributed by atoms with van der Waals surface area (Å²) in [5.74, 6) is -0.196. The minimum atomic E-state index is -0.539. The van der Waals surface area contributed by atoms with Crippen LogP contribution in [0.5, 0.6) is 0 Å². The molecule has 1 aliphatic carbocycles.